The first-order chi connectivity index (χ1) is 8.90. The molecule has 2 N–H and O–H groups in total. The number of alkyl halides is 3. The molecule has 7 heteroatoms. The second-order valence-corrected chi connectivity index (χ2v) is 3.97. The van der Waals surface area contributed by atoms with Crippen molar-refractivity contribution in [2.75, 3.05) is 0 Å². The molecule has 0 aliphatic rings. The number of aromatic nitrogens is 2. The molecule has 0 spiro atoms. The van der Waals surface area contributed by atoms with E-state index < -0.39 is 11.7 Å². The Morgan fingerprint density at radius 3 is 2.58 bits per heavy atom. The minimum atomic E-state index is -4.46. The molecule has 1 heterocycles. The minimum Gasteiger partial charge on any atom is -0.454 e. The molecule has 102 valence electrons. The van der Waals surface area contributed by atoms with Crippen LogP contribution < -0.4 is 10.5 Å². The van der Waals surface area contributed by atoms with Crippen LogP contribution >= 0.6 is 0 Å². The normalized spacial score (nSPS) is 11.6. The van der Waals surface area contributed by atoms with E-state index in [2.05, 4.69) is 5.10 Å². The van der Waals surface area contributed by atoms with Gasteiger partial charge >= 0.3 is 6.18 Å². The molecule has 0 aliphatic carbocycles. The SMILES string of the molecule is Cn1cc(Oc2ccc(CN)c(C(F)(F)F)c2)cn1. The number of rotatable bonds is 3. The van der Waals surface area contributed by atoms with Gasteiger partial charge in [-0.2, -0.15) is 18.3 Å². The fraction of sp³-hybridized carbons (Fsp3) is 0.250. The summed E-state index contributed by atoms with van der Waals surface area (Å²) in [5, 5.41) is 3.87. The smallest absolute Gasteiger partial charge is 0.416 e. The van der Waals surface area contributed by atoms with Crippen LogP contribution in [-0.4, -0.2) is 9.78 Å². The van der Waals surface area contributed by atoms with Crippen LogP contribution in [0.2, 0.25) is 0 Å². The van der Waals surface area contributed by atoms with Gasteiger partial charge in [-0.3, -0.25) is 4.68 Å². The van der Waals surface area contributed by atoms with Crippen molar-refractivity contribution in [3.05, 3.63) is 41.7 Å². The van der Waals surface area contributed by atoms with Gasteiger partial charge in [0, 0.05) is 13.6 Å². The van der Waals surface area contributed by atoms with Crippen molar-refractivity contribution in [3.8, 4) is 11.5 Å². The summed E-state index contributed by atoms with van der Waals surface area (Å²) in [5.41, 5.74) is 4.55. The van der Waals surface area contributed by atoms with E-state index >= 15 is 0 Å². The summed E-state index contributed by atoms with van der Waals surface area (Å²) >= 11 is 0. The van der Waals surface area contributed by atoms with E-state index in [0.29, 0.717) is 5.75 Å². The van der Waals surface area contributed by atoms with Gasteiger partial charge in [0.25, 0.3) is 0 Å². The number of nitrogens with zero attached hydrogens (tertiary/aromatic N) is 2. The maximum absolute atomic E-state index is 12.8. The Hall–Kier alpha value is -2.02. The van der Waals surface area contributed by atoms with E-state index in [4.69, 9.17) is 10.5 Å². The fourth-order valence-electron chi connectivity index (χ4n) is 1.65. The Kier molecular flexibility index (Phi) is 3.48. The third-order valence-corrected chi connectivity index (χ3v) is 2.52. The third kappa shape index (κ3) is 3.05. The average molecular weight is 271 g/mol. The molecule has 0 saturated heterocycles. The van der Waals surface area contributed by atoms with Gasteiger partial charge < -0.3 is 10.5 Å². The van der Waals surface area contributed by atoms with E-state index in [9.17, 15) is 13.2 Å². The molecule has 0 aliphatic heterocycles. The Balaban J connectivity index is 2.32. The van der Waals surface area contributed by atoms with Gasteiger partial charge in [0.05, 0.1) is 18.0 Å². The molecule has 0 fully saturated rings. The molecule has 2 rings (SSSR count). The maximum Gasteiger partial charge on any atom is 0.416 e. The lowest BCUT2D eigenvalue weighted by atomic mass is 10.1. The van der Waals surface area contributed by atoms with Crippen LogP contribution in [0.5, 0.6) is 11.5 Å². The predicted molar refractivity (Wildman–Crippen MR) is 62.6 cm³/mol. The topological polar surface area (TPSA) is 53.1 Å². The minimum absolute atomic E-state index is 0.0334. The summed E-state index contributed by atoms with van der Waals surface area (Å²) in [6, 6.07) is 3.70. The van der Waals surface area contributed by atoms with Gasteiger partial charge in [-0.05, 0) is 17.7 Å². The molecule has 0 bridgehead atoms. The Bertz CT molecular complexity index is 578. The summed E-state index contributed by atoms with van der Waals surface area (Å²) < 4.78 is 45.3. The molecule has 0 amide bonds. The van der Waals surface area contributed by atoms with E-state index in [0.717, 1.165) is 6.07 Å². The largest absolute Gasteiger partial charge is 0.454 e. The first-order valence-electron chi connectivity index (χ1n) is 5.47. The number of hydrogen-bond donors (Lipinski definition) is 1. The molecule has 19 heavy (non-hydrogen) atoms. The number of hydrogen-bond acceptors (Lipinski definition) is 3. The van der Waals surface area contributed by atoms with Gasteiger partial charge in [0.2, 0.25) is 0 Å². The van der Waals surface area contributed by atoms with Crippen molar-refractivity contribution in [1.29, 1.82) is 0 Å². The first-order valence-corrected chi connectivity index (χ1v) is 5.47. The average Bonchev–Trinajstić information content (AvgIpc) is 2.73. The van der Waals surface area contributed by atoms with Crippen LogP contribution in [-0.2, 0) is 19.8 Å². The zero-order chi connectivity index (χ0) is 14.0. The third-order valence-electron chi connectivity index (χ3n) is 2.52. The predicted octanol–water partition coefficient (Wildman–Crippen LogP) is 2.69. The Labute approximate surface area is 107 Å². The molecule has 0 saturated carbocycles. The van der Waals surface area contributed by atoms with Gasteiger partial charge in [-0.15, -0.1) is 0 Å². The second kappa shape index (κ2) is 4.93. The Morgan fingerprint density at radius 1 is 1.32 bits per heavy atom. The molecular formula is C12H12F3N3O. The van der Waals surface area contributed by atoms with Crippen LogP contribution in [0.15, 0.2) is 30.6 Å². The van der Waals surface area contributed by atoms with E-state index in [1.54, 1.807) is 13.2 Å². The summed E-state index contributed by atoms with van der Waals surface area (Å²) in [5.74, 6) is 0.466. The van der Waals surface area contributed by atoms with Gasteiger partial charge in [-0.25, -0.2) is 0 Å². The van der Waals surface area contributed by atoms with E-state index in [-0.39, 0.29) is 17.9 Å². The van der Waals surface area contributed by atoms with Crippen LogP contribution in [0.1, 0.15) is 11.1 Å². The first kappa shape index (κ1) is 13.4. The van der Waals surface area contributed by atoms with Crippen LogP contribution in [0.25, 0.3) is 0 Å². The van der Waals surface area contributed by atoms with Crippen molar-refractivity contribution in [1.82, 2.24) is 9.78 Å². The van der Waals surface area contributed by atoms with Gasteiger partial charge in [0.1, 0.15) is 5.75 Å². The molecule has 0 radical (unpaired) electrons. The van der Waals surface area contributed by atoms with Crippen molar-refractivity contribution < 1.29 is 17.9 Å². The number of ether oxygens (including phenoxy) is 1. The quantitative estimate of drug-likeness (QED) is 0.933. The van der Waals surface area contributed by atoms with Crippen molar-refractivity contribution in [2.45, 2.75) is 12.7 Å². The highest BCUT2D eigenvalue weighted by molar-refractivity contribution is 5.39. The van der Waals surface area contributed by atoms with Crippen LogP contribution in [0, 0.1) is 0 Å². The number of benzene rings is 1. The lowest BCUT2D eigenvalue weighted by molar-refractivity contribution is -0.138. The highest BCUT2D eigenvalue weighted by atomic mass is 19.4. The van der Waals surface area contributed by atoms with Crippen molar-refractivity contribution >= 4 is 0 Å². The number of aryl methyl sites for hydroxylation is 1. The molecule has 0 unspecified atom stereocenters. The van der Waals surface area contributed by atoms with Crippen LogP contribution in [0.3, 0.4) is 0 Å². The molecule has 4 nitrogen and oxygen atoms in total. The standard InChI is InChI=1S/C12H12F3N3O/c1-18-7-10(6-17-18)19-9-3-2-8(5-16)11(4-9)12(13,14)15/h2-4,6-7H,5,16H2,1H3. The summed E-state index contributed by atoms with van der Waals surface area (Å²) in [6.07, 6.45) is -1.47. The summed E-state index contributed by atoms with van der Waals surface area (Å²) in [6.45, 7) is -0.179. The molecule has 1 aromatic carbocycles. The highest BCUT2D eigenvalue weighted by Gasteiger charge is 2.33. The second-order valence-electron chi connectivity index (χ2n) is 3.97. The highest BCUT2D eigenvalue weighted by Crippen LogP contribution is 2.35. The Morgan fingerprint density at radius 2 is 2.05 bits per heavy atom. The fourth-order valence-corrected chi connectivity index (χ4v) is 1.65. The zero-order valence-electron chi connectivity index (χ0n) is 10.1. The van der Waals surface area contributed by atoms with Gasteiger partial charge in [-0.1, -0.05) is 6.07 Å². The van der Waals surface area contributed by atoms with Crippen molar-refractivity contribution in [3.63, 3.8) is 0 Å². The lowest BCUT2D eigenvalue weighted by Gasteiger charge is -2.13. The summed E-state index contributed by atoms with van der Waals surface area (Å²) in [4.78, 5) is 0. The molecule has 1 aromatic heterocycles. The molecule has 2 aromatic rings. The van der Waals surface area contributed by atoms with Crippen molar-refractivity contribution in [2.24, 2.45) is 12.8 Å². The number of halogens is 3. The summed E-state index contributed by atoms with van der Waals surface area (Å²) in [7, 11) is 1.69. The number of nitrogens with two attached hydrogens (primary N) is 1. The van der Waals surface area contributed by atoms with E-state index in [1.807, 2.05) is 0 Å². The monoisotopic (exact) mass is 271 g/mol. The zero-order valence-corrected chi connectivity index (χ0v) is 10.1. The van der Waals surface area contributed by atoms with Gasteiger partial charge in [0.15, 0.2) is 5.75 Å². The molecular weight excluding hydrogens is 259 g/mol. The van der Waals surface area contributed by atoms with E-state index in [1.165, 1.54) is 23.0 Å². The maximum atomic E-state index is 12.8. The lowest BCUT2D eigenvalue weighted by Crippen LogP contribution is -2.11. The molecule has 0 atom stereocenters. The van der Waals surface area contributed by atoms with Crippen LogP contribution in [0.4, 0.5) is 13.2 Å².